The first-order valence-electron chi connectivity index (χ1n) is 17.8. The first-order valence-corrected chi connectivity index (χ1v) is 19.3. The van der Waals surface area contributed by atoms with Gasteiger partial charge in [-0.3, -0.25) is 13.8 Å². The number of likely N-dealkylation sites (N-methyl/N-ethyl adjacent to an activating group) is 1. The van der Waals surface area contributed by atoms with Gasteiger partial charge in [0.2, 0.25) is 0 Å². The van der Waals surface area contributed by atoms with Gasteiger partial charge >= 0.3 is 13.8 Å². The summed E-state index contributed by atoms with van der Waals surface area (Å²) in [6.45, 7) is 5.59. The number of hydrogen-bond acceptors (Lipinski definition) is 6. The molecule has 0 amide bonds. The Morgan fingerprint density at radius 3 is 1.53 bits per heavy atom. The monoisotopic (exact) mass is 636 g/mol. The number of nitrogens with zero attached hydrogens (tertiary/aromatic N) is 1. The topological polar surface area (TPSA) is 91.3 Å². The maximum atomic E-state index is 12.5. The molecular formula is C34H71NO7P+. The molecule has 2 unspecified atom stereocenters. The van der Waals surface area contributed by atoms with Crippen molar-refractivity contribution in [2.24, 2.45) is 0 Å². The molecule has 0 spiro atoms. The van der Waals surface area contributed by atoms with Crippen molar-refractivity contribution in [2.75, 3.05) is 54.1 Å². The predicted molar refractivity (Wildman–Crippen MR) is 178 cm³/mol. The maximum Gasteiger partial charge on any atom is 0.472 e. The Labute approximate surface area is 266 Å². The van der Waals surface area contributed by atoms with Crippen LogP contribution in [0.15, 0.2) is 0 Å². The van der Waals surface area contributed by atoms with Crippen LogP contribution in [0.1, 0.15) is 155 Å². The van der Waals surface area contributed by atoms with E-state index in [0.717, 1.165) is 32.1 Å². The number of phosphoric acid groups is 1. The third-order valence-electron chi connectivity index (χ3n) is 7.67. The first-order chi connectivity index (χ1) is 20.6. The highest BCUT2D eigenvalue weighted by molar-refractivity contribution is 7.47. The number of quaternary nitrogens is 1. The van der Waals surface area contributed by atoms with Crippen LogP contribution in [0.3, 0.4) is 0 Å². The lowest BCUT2D eigenvalue weighted by Crippen LogP contribution is -2.37. The number of hydrogen-bond donors (Lipinski definition) is 1. The van der Waals surface area contributed by atoms with E-state index in [1.807, 2.05) is 21.1 Å². The van der Waals surface area contributed by atoms with Crippen LogP contribution in [0.5, 0.6) is 0 Å². The molecule has 0 aliphatic carbocycles. The summed E-state index contributed by atoms with van der Waals surface area (Å²) in [5.41, 5.74) is 0. The Balaban J connectivity index is 4.19. The van der Waals surface area contributed by atoms with Crippen molar-refractivity contribution in [3.05, 3.63) is 0 Å². The maximum absolute atomic E-state index is 12.5. The zero-order valence-corrected chi connectivity index (χ0v) is 29.9. The second-order valence-electron chi connectivity index (χ2n) is 13.3. The Hall–Kier alpha value is -0.500. The molecule has 0 radical (unpaired) electrons. The van der Waals surface area contributed by atoms with E-state index in [-0.39, 0.29) is 25.8 Å². The number of unbranched alkanes of at least 4 members (excludes halogenated alkanes) is 19. The minimum Gasteiger partial charge on any atom is -0.457 e. The van der Waals surface area contributed by atoms with Crippen molar-refractivity contribution >= 4 is 13.8 Å². The van der Waals surface area contributed by atoms with Gasteiger partial charge in [-0.15, -0.1) is 0 Å². The minimum atomic E-state index is -4.25. The molecule has 0 heterocycles. The molecule has 0 aliphatic rings. The molecule has 9 heteroatoms. The average molecular weight is 637 g/mol. The number of carbonyl (C=O) groups excluding carboxylic acids is 1. The zero-order chi connectivity index (χ0) is 32.1. The Bertz CT molecular complexity index is 672. The molecule has 0 aromatic heterocycles. The smallest absolute Gasteiger partial charge is 0.457 e. The number of carbonyl (C=O) groups is 1. The van der Waals surface area contributed by atoms with Gasteiger partial charge in [0.25, 0.3) is 0 Å². The van der Waals surface area contributed by atoms with Crippen molar-refractivity contribution in [3.63, 3.8) is 0 Å². The quantitative estimate of drug-likeness (QED) is 0.0332. The molecule has 43 heavy (non-hydrogen) atoms. The lowest BCUT2D eigenvalue weighted by atomic mass is 10.0. The van der Waals surface area contributed by atoms with Gasteiger partial charge in [-0.2, -0.15) is 0 Å². The van der Waals surface area contributed by atoms with Gasteiger partial charge in [0.1, 0.15) is 19.3 Å². The molecule has 258 valence electrons. The van der Waals surface area contributed by atoms with E-state index in [9.17, 15) is 14.3 Å². The first kappa shape index (κ1) is 42.5. The highest BCUT2D eigenvalue weighted by atomic mass is 31.2. The van der Waals surface area contributed by atoms with Crippen LogP contribution < -0.4 is 0 Å². The SMILES string of the molecule is CCCCCCCCCCCCCCCCCC(=O)OC(COCCCCCCCC)COP(=O)(O)OCC[N+](C)(C)C. The third-order valence-corrected chi connectivity index (χ3v) is 8.65. The van der Waals surface area contributed by atoms with Gasteiger partial charge in [0.05, 0.1) is 34.4 Å². The van der Waals surface area contributed by atoms with Crippen LogP contribution in [0.4, 0.5) is 0 Å². The molecule has 0 saturated carbocycles. The summed E-state index contributed by atoms with van der Waals surface area (Å²) < 4.78 is 34.6. The van der Waals surface area contributed by atoms with Crippen molar-refractivity contribution < 1.29 is 37.3 Å². The van der Waals surface area contributed by atoms with Crippen LogP contribution in [0.2, 0.25) is 0 Å². The van der Waals surface area contributed by atoms with Crippen LogP contribution >= 0.6 is 7.82 Å². The Kier molecular flexibility index (Phi) is 28.6. The summed E-state index contributed by atoms with van der Waals surface area (Å²) in [5, 5.41) is 0. The Morgan fingerprint density at radius 1 is 0.628 bits per heavy atom. The van der Waals surface area contributed by atoms with Crippen molar-refractivity contribution in [1.29, 1.82) is 0 Å². The molecular weight excluding hydrogens is 565 g/mol. The third kappa shape index (κ3) is 32.7. The highest BCUT2D eigenvalue weighted by Crippen LogP contribution is 2.43. The summed E-state index contributed by atoms with van der Waals surface area (Å²) in [6.07, 6.45) is 25.7. The number of ether oxygens (including phenoxy) is 2. The highest BCUT2D eigenvalue weighted by Gasteiger charge is 2.26. The summed E-state index contributed by atoms with van der Waals surface area (Å²) >= 11 is 0. The van der Waals surface area contributed by atoms with E-state index < -0.39 is 13.9 Å². The summed E-state index contributed by atoms with van der Waals surface area (Å²) in [6, 6.07) is 0. The standard InChI is InChI=1S/C34H70NO7P/c1-6-8-10-12-14-15-16-17-18-19-20-21-22-23-25-27-34(36)42-33(31-39-29-26-24-13-11-9-7-2)32-41-43(37,38)40-30-28-35(3,4)5/h33H,6-32H2,1-5H3/p+1. The predicted octanol–water partition coefficient (Wildman–Crippen LogP) is 9.38. The fraction of sp³-hybridized carbons (Fsp3) is 0.971. The summed E-state index contributed by atoms with van der Waals surface area (Å²) in [5.74, 6) is -0.315. The van der Waals surface area contributed by atoms with Crippen molar-refractivity contribution in [2.45, 2.75) is 161 Å². The van der Waals surface area contributed by atoms with Crippen LogP contribution in [0.25, 0.3) is 0 Å². The number of rotatable bonds is 33. The lowest BCUT2D eigenvalue weighted by molar-refractivity contribution is -0.870. The lowest BCUT2D eigenvalue weighted by Gasteiger charge is -2.24. The van der Waals surface area contributed by atoms with Gasteiger partial charge in [-0.05, 0) is 12.8 Å². The van der Waals surface area contributed by atoms with E-state index in [0.29, 0.717) is 24.1 Å². The van der Waals surface area contributed by atoms with Crippen molar-refractivity contribution in [1.82, 2.24) is 0 Å². The van der Waals surface area contributed by atoms with Crippen LogP contribution in [0, 0.1) is 0 Å². The van der Waals surface area contributed by atoms with Gasteiger partial charge in [-0.1, -0.05) is 136 Å². The normalized spacial score (nSPS) is 14.1. The van der Waals surface area contributed by atoms with Crippen LogP contribution in [-0.2, 0) is 27.9 Å². The molecule has 1 N–H and O–H groups in total. The molecule has 0 aromatic rings. The zero-order valence-electron chi connectivity index (χ0n) is 29.0. The fourth-order valence-corrected chi connectivity index (χ4v) is 5.59. The summed E-state index contributed by atoms with van der Waals surface area (Å²) in [7, 11) is 1.68. The van der Waals surface area contributed by atoms with E-state index in [2.05, 4.69) is 13.8 Å². The number of phosphoric ester groups is 1. The van der Waals surface area contributed by atoms with Gasteiger partial charge in [0, 0.05) is 13.0 Å². The van der Waals surface area contributed by atoms with Crippen LogP contribution in [-0.4, -0.2) is 75.6 Å². The van der Waals surface area contributed by atoms with E-state index in [4.69, 9.17) is 18.5 Å². The molecule has 0 aliphatic heterocycles. The Morgan fingerprint density at radius 2 is 1.07 bits per heavy atom. The van der Waals surface area contributed by atoms with Crippen molar-refractivity contribution in [3.8, 4) is 0 Å². The molecule has 8 nitrogen and oxygen atoms in total. The minimum absolute atomic E-state index is 0.0927. The number of esters is 1. The average Bonchev–Trinajstić information content (AvgIpc) is 2.94. The second-order valence-corrected chi connectivity index (χ2v) is 14.7. The van der Waals surface area contributed by atoms with E-state index in [1.54, 1.807) is 0 Å². The fourth-order valence-electron chi connectivity index (χ4n) is 4.85. The second kappa shape index (κ2) is 28.9. The molecule has 0 bridgehead atoms. The van der Waals surface area contributed by atoms with E-state index >= 15 is 0 Å². The molecule has 2 atom stereocenters. The van der Waals surface area contributed by atoms with Gasteiger partial charge in [-0.25, -0.2) is 4.57 Å². The largest absolute Gasteiger partial charge is 0.472 e. The van der Waals surface area contributed by atoms with Gasteiger partial charge in [0.15, 0.2) is 0 Å². The van der Waals surface area contributed by atoms with Gasteiger partial charge < -0.3 is 18.9 Å². The summed E-state index contributed by atoms with van der Waals surface area (Å²) in [4.78, 5) is 22.6. The molecule has 0 fully saturated rings. The van der Waals surface area contributed by atoms with E-state index in [1.165, 1.54) is 103 Å². The molecule has 0 aromatic carbocycles. The molecule has 0 saturated heterocycles. The molecule has 0 rings (SSSR count).